The minimum atomic E-state index is -0.145. The molecule has 0 aliphatic rings. The van der Waals surface area contributed by atoms with Crippen molar-refractivity contribution in [2.24, 2.45) is 5.73 Å². The summed E-state index contributed by atoms with van der Waals surface area (Å²) in [5.41, 5.74) is 6.98. The first-order chi connectivity index (χ1) is 5.65. The van der Waals surface area contributed by atoms with Crippen molar-refractivity contribution >= 4 is 12.4 Å². The maximum atomic E-state index is 13.2. The molecule has 3 heteroatoms. The second-order valence-corrected chi connectivity index (χ2v) is 3.21. The van der Waals surface area contributed by atoms with Crippen LogP contribution in [0.2, 0.25) is 0 Å². The van der Waals surface area contributed by atoms with Gasteiger partial charge in [-0.25, -0.2) is 4.39 Å². The van der Waals surface area contributed by atoms with Gasteiger partial charge in [0.05, 0.1) is 0 Å². The molecule has 0 saturated heterocycles. The number of nitrogens with two attached hydrogens (primary N) is 1. The highest BCUT2D eigenvalue weighted by atomic mass is 35.5. The van der Waals surface area contributed by atoms with E-state index < -0.39 is 0 Å². The Kier molecular flexibility index (Phi) is 4.96. The highest BCUT2D eigenvalue weighted by Crippen LogP contribution is 2.18. The van der Waals surface area contributed by atoms with Crippen LogP contribution in [0.25, 0.3) is 0 Å². The van der Waals surface area contributed by atoms with Crippen LogP contribution in [-0.2, 0) is 6.54 Å². The molecule has 1 rings (SSSR count). The maximum Gasteiger partial charge on any atom is 0.126 e. The van der Waals surface area contributed by atoms with Crippen molar-refractivity contribution in [2.45, 2.75) is 26.3 Å². The van der Waals surface area contributed by atoms with Gasteiger partial charge in [0.15, 0.2) is 0 Å². The van der Waals surface area contributed by atoms with Crippen molar-refractivity contribution in [1.29, 1.82) is 0 Å². The quantitative estimate of drug-likeness (QED) is 0.786. The van der Waals surface area contributed by atoms with E-state index in [1.807, 2.05) is 26.0 Å². The Hall–Kier alpha value is -0.600. The molecule has 0 spiro atoms. The fraction of sp³-hybridized carbons (Fsp3) is 0.400. The zero-order valence-corrected chi connectivity index (χ0v) is 8.70. The number of hydrogen-bond donors (Lipinski definition) is 1. The molecule has 0 aromatic heterocycles. The second-order valence-electron chi connectivity index (χ2n) is 3.21. The zero-order valence-electron chi connectivity index (χ0n) is 7.88. The van der Waals surface area contributed by atoms with Crippen molar-refractivity contribution in [3.05, 3.63) is 35.1 Å². The third-order valence-electron chi connectivity index (χ3n) is 1.92. The predicted molar refractivity (Wildman–Crippen MR) is 55.6 cm³/mol. The molecular formula is C10H15ClFN. The Morgan fingerprint density at radius 2 is 2.00 bits per heavy atom. The van der Waals surface area contributed by atoms with Crippen LogP contribution in [0.1, 0.15) is 30.9 Å². The van der Waals surface area contributed by atoms with Crippen molar-refractivity contribution in [1.82, 2.24) is 0 Å². The predicted octanol–water partition coefficient (Wildman–Crippen LogP) is 2.83. The molecular weight excluding hydrogens is 189 g/mol. The highest BCUT2D eigenvalue weighted by molar-refractivity contribution is 5.85. The largest absolute Gasteiger partial charge is 0.326 e. The smallest absolute Gasteiger partial charge is 0.126 e. The van der Waals surface area contributed by atoms with Crippen molar-refractivity contribution in [2.75, 3.05) is 0 Å². The summed E-state index contributed by atoms with van der Waals surface area (Å²) in [6, 6.07) is 5.19. The van der Waals surface area contributed by atoms with Gasteiger partial charge in [0, 0.05) is 6.54 Å². The molecule has 0 saturated carbocycles. The van der Waals surface area contributed by atoms with E-state index in [9.17, 15) is 4.39 Å². The maximum absolute atomic E-state index is 13.2. The number of benzene rings is 1. The summed E-state index contributed by atoms with van der Waals surface area (Å²) >= 11 is 0. The lowest BCUT2D eigenvalue weighted by Crippen LogP contribution is -1.99. The number of hydrogen-bond acceptors (Lipinski definition) is 1. The van der Waals surface area contributed by atoms with E-state index in [0.29, 0.717) is 6.54 Å². The molecule has 0 atom stereocenters. The first-order valence-electron chi connectivity index (χ1n) is 4.13. The van der Waals surface area contributed by atoms with Gasteiger partial charge in [-0.05, 0) is 23.1 Å². The molecule has 0 heterocycles. The molecule has 1 nitrogen and oxygen atoms in total. The molecule has 0 bridgehead atoms. The summed E-state index contributed by atoms with van der Waals surface area (Å²) in [5, 5.41) is 0. The van der Waals surface area contributed by atoms with Crippen LogP contribution < -0.4 is 5.73 Å². The van der Waals surface area contributed by atoms with E-state index >= 15 is 0 Å². The van der Waals surface area contributed by atoms with E-state index in [0.717, 1.165) is 11.1 Å². The molecule has 0 fully saturated rings. The van der Waals surface area contributed by atoms with Crippen LogP contribution in [0.3, 0.4) is 0 Å². The van der Waals surface area contributed by atoms with Crippen LogP contribution in [0, 0.1) is 5.82 Å². The summed E-state index contributed by atoms with van der Waals surface area (Å²) in [6.07, 6.45) is 0. The van der Waals surface area contributed by atoms with Crippen molar-refractivity contribution in [3.63, 3.8) is 0 Å². The Bertz CT molecular complexity index is 274. The Morgan fingerprint density at radius 3 is 2.38 bits per heavy atom. The van der Waals surface area contributed by atoms with Crippen molar-refractivity contribution in [3.8, 4) is 0 Å². The molecule has 1 aromatic rings. The van der Waals surface area contributed by atoms with Crippen LogP contribution in [0.5, 0.6) is 0 Å². The SMILES string of the molecule is CC(C)c1ccc(CN)cc1F.Cl. The average Bonchev–Trinajstić information content (AvgIpc) is 2.03. The third kappa shape index (κ3) is 2.98. The van der Waals surface area contributed by atoms with Crippen LogP contribution >= 0.6 is 12.4 Å². The number of rotatable bonds is 2. The topological polar surface area (TPSA) is 26.0 Å². The Balaban J connectivity index is 0.00000144. The lowest BCUT2D eigenvalue weighted by Gasteiger charge is -2.07. The Morgan fingerprint density at radius 1 is 1.38 bits per heavy atom. The van der Waals surface area contributed by atoms with Crippen LogP contribution in [-0.4, -0.2) is 0 Å². The normalized spacial score (nSPS) is 9.92. The summed E-state index contributed by atoms with van der Waals surface area (Å²) in [6.45, 7) is 4.34. The monoisotopic (exact) mass is 203 g/mol. The molecule has 0 amide bonds. The standard InChI is InChI=1S/C10H14FN.ClH/c1-7(2)9-4-3-8(6-12)5-10(9)11;/h3-5,7H,6,12H2,1-2H3;1H. The van der Waals surface area contributed by atoms with Crippen molar-refractivity contribution < 1.29 is 4.39 Å². The van der Waals surface area contributed by atoms with Gasteiger partial charge in [-0.2, -0.15) is 0 Å². The minimum absolute atomic E-state index is 0. The highest BCUT2D eigenvalue weighted by Gasteiger charge is 2.05. The van der Waals surface area contributed by atoms with E-state index in [1.165, 1.54) is 6.07 Å². The van der Waals surface area contributed by atoms with Gasteiger partial charge in [-0.3, -0.25) is 0 Å². The zero-order chi connectivity index (χ0) is 9.14. The lowest BCUT2D eigenvalue weighted by atomic mass is 10.0. The third-order valence-corrected chi connectivity index (χ3v) is 1.92. The van der Waals surface area contributed by atoms with Crippen LogP contribution in [0.4, 0.5) is 4.39 Å². The molecule has 0 radical (unpaired) electrons. The van der Waals surface area contributed by atoms with E-state index in [1.54, 1.807) is 0 Å². The van der Waals surface area contributed by atoms with Gasteiger partial charge in [-0.1, -0.05) is 26.0 Å². The first-order valence-corrected chi connectivity index (χ1v) is 4.13. The Labute approximate surface area is 84.5 Å². The van der Waals surface area contributed by atoms with Crippen LogP contribution in [0.15, 0.2) is 18.2 Å². The number of halogens is 2. The lowest BCUT2D eigenvalue weighted by molar-refractivity contribution is 0.596. The fourth-order valence-corrected chi connectivity index (χ4v) is 1.17. The molecule has 0 aliphatic heterocycles. The van der Waals surface area contributed by atoms with E-state index in [4.69, 9.17) is 5.73 Å². The molecule has 74 valence electrons. The van der Waals surface area contributed by atoms with Gasteiger partial charge in [0.25, 0.3) is 0 Å². The average molecular weight is 204 g/mol. The summed E-state index contributed by atoms with van der Waals surface area (Å²) in [4.78, 5) is 0. The van der Waals surface area contributed by atoms with Gasteiger partial charge >= 0.3 is 0 Å². The first kappa shape index (κ1) is 12.4. The minimum Gasteiger partial charge on any atom is -0.326 e. The van der Waals surface area contributed by atoms with Gasteiger partial charge in [-0.15, -0.1) is 12.4 Å². The molecule has 0 aliphatic carbocycles. The van der Waals surface area contributed by atoms with E-state index in [-0.39, 0.29) is 24.1 Å². The van der Waals surface area contributed by atoms with E-state index in [2.05, 4.69) is 0 Å². The van der Waals surface area contributed by atoms with Gasteiger partial charge < -0.3 is 5.73 Å². The summed E-state index contributed by atoms with van der Waals surface area (Å²) < 4.78 is 13.2. The molecule has 2 N–H and O–H groups in total. The fourth-order valence-electron chi connectivity index (χ4n) is 1.17. The second kappa shape index (κ2) is 5.20. The van der Waals surface area contributed by atoms with Gasteiger partial charge in [0.2, 0.25) is 0 Å². The molecule has 0 unspecified atom stereocenters. The molecule has 13 heavy (non-hydrogen) atoms. The summed E-state index contributed by atoms with van der Waals surface area (Å²) in [5.74, 6) is 0.0878. The summed E-state index contributed by atoms with van der Waals surface area (Å²) in [7, 11) is 0. The molecule has 1 aromatic carbocycles. The van der Waals surface area contributed by atoms with Gasteiger partial charge in [0.1, 0.15) is 5.82 Å².